The van der Waals surface area contributed by atoms with Gasteiger partial charge in [-0.3, -0.25) is 15.1 Å². The molecule has 3 aromatic rings. The van der Waals surface area contributed by atoms with Crippen LogP contribution in [0.15, 0.2) is 64.9 Å². The predicted octanol–water partition coefficient (Wildman–Crippen LogP) is 2.91. The molecule has 9 nitrogen and oxygen atoms in total. The summed E-state index contributed by atoms with van der Waals surface area (Å²) in [4.78, 5) is 10.4. The van der Waals surface area contributed by atoms with Crippen LogP contribution in [0.3, 0.4) is 0 Å². The van der Waals surface area contributed by atoms with E-state index in [9.17, 15) is 10.1 Å². The summed E-state index contributed by atoms with van der Waals surface area (Å²) < 4.78 is 1.68. The number of thiol groups is 1. The molecule has 0 bridgehead atoms. The molecular formula is C17H14ClN7O2S. The summed E-state index contributed by atoms with van der Waals surface area (Å²) in [5.41, 5.74) is 8.12. The molecule has 142 valence electrons. The number of nitrogens with one attached hydrogen (secondary N) is 2. The maximum atomic E-state index is 10.8. The number of nitro benzene ring substituents is 1. The summed E-state index contributed by atoms with van der Waals surface area (Å²) in [6, 6.07) is 13.6. The number of hydrazine groups is 2. The van der Waals surface area contributed by atoms with Gasteiger partial charge in [-0.1, -0.05) is 23.7 Å². The third kappa shape index (κ3) is 3.52. The Morgan fingerprint density at radius 1 is 1.14 bits per heavy atom. The van der Waals surface area contributed by atoms with Crippen molar-refractivity contribution in [2.45, 2.75) is 11.6 Å². The summed E-state index contributed by atoms with van der Waals surface area (Å²) in [5.74, 6) is 0.601. The van der Waals surface area contributed by atoms with E-state index in [0.717, 1.165) is 16.8 Å². The van der Waals surface area contributed by atoms with Gasteiger partial charge in [-0.15, -0.1) is 23.3 Å². The molecule has 1 aliphatic heterocycles. The van der Waals surface area contributed by atoms with Crippen molar-refractivity contribution in [3.8, 4) is 5.69 Å². The summed E-state index contributed by atoms with van der Waals surface area (Å²) >= 11 is 10.5. The van der Waals surface area contributed by atoms with Crippen LogP contribution in [0.1, 0.15) is 11.1 Å². The number of hydrazone groups is 1. The molecule has 1 aromatic heterocycles. The summed E-state index contributed by atoms with van der Waals surface area (Å²) in [6.07, 6.45) is 1.67. The van der Waals surface area contributed by atoms with E-state index in [1.54, 1.807) is 40.2 Å². The van der Waals surface area contributed by atoms with Crippen molar-refractivity contribution in [2.75, 3.05) is 0 Å². The maximum Gasteiger partial charge on any atom is 0.269 e. The van der Waals surface area contributed by atoms with Gasteiger partial charge < -0.3 is 0 Å². The van der Waals surface area contributed by atoms with Crippen LogP contribution in [0, 0.1) is 10.1 Å². The fraction of sp³-hybridized carbons (Fsp3) is 0.0588. The molecule has 11 heteroatoms. The van der Waals surface area contributed by atoms with Crippen LogP contribution >= 0.6 is 24.2 Å². The van der Waals surface area contributed by atoms with E-state index >= 15 is 0 Å². The average molecular weight is 416 g/mol. The molecule has 0 radical (unpaired) electrons. The van der Waals surface area contributed by atoms with E-state index in [0.29, 0.717) is 22.4 Å². The first-order valence-electron chi connectivity index (χ1n) is 8.15. The molecule has 0 saturated carbocycles. The Morgan fingerprint density at radius 2 is 1.86 bits per heavy atom. The summed E-state index contributed by atoms with van der Waals surface area (Å²) in [5, 5.41) is 22.5. The second-order valence-electron chi connectivity index (χ2n) is 5.94. The van der Waals surface area contributed by atoms with Crippen molar-refractivity contribution in [3.63, 3.8) is 0 Å². The molecule has 0 unspecified atom stereocenters. The Morgan fingerprint density at radius 3 is 2.54 bits per heavy atom. The van der Waals surface area contributed by atoms with Crippen molar-refractivity contribution in [2.24, 2.45) is 5.10 Å². The standard InChI is InChI=1S/C17H14ClN7O2S/c18-12-3-7-13(8-4-12)24-17(28)15(9-19-24)16-20-21-22-23(16)10-11-1-5-14(6-2-11)25(26)27/h1-9,21-22,28H,10H2. The largest absolute Gasteiger partial charge is 0.269 e. The first-order chi connectivity index (χ1) is 13.5. The molecule has 2 aromatic carbocycles. The Hall–Kier alpha value is -3.08. The minimum atomic E-state index is -0.426. The van der Waals surface area contributed by atoms with E-state index < -0.39 is 4.92 Å². The van der Waals surface area contributed by atoms with Crippen molar-refractivity contribution >= 4 is 35.8 Å². The zero-order valence-corrected chi connectivity index (χ0v) is 15.9. The molecular weight excluding hydrogens is 402 g/mol. The van der Waals surface area contributed by atoms with Gasteiger partial charge in [0.25, 0.3) is 5.69 Å². The zero-order chi connectivity index (χ0) is 19.7. The number of halogens is 1. The van der Waals surface area contributed by atoms with Gasteiger partial charge >= 0.3 is 0 Å². The molecule has 2 N–H and O–H groups in total. The van der Waals surface area contributed by atoms with Gasteiger partial charge in [0.1, 0.15) is 5.03 Å². The molecule has 0 atom stereocenters. The molecule has 4 rings (SSSR count). The van der Waals surface area contributed by atoms with Crippen molar-refractivity contribution in [1.29, 1.82) is 0 Å². The predicted molar refractivity (Wildman–Crippen MR) is 107 cm³/mol. The highest BCUT2D eigenvalue weighted by Crippen LogP contribution is 2.23. The third-order valence-electron chi connectivity index (χ3n) is 4.15. The van der Waals surface area contributed by atoms with E-state index in [4.69, 9.17) is 11.6 Å². The summed E-state index contributed by atoms with van der Waals surface area (Å²) in [7, 11) is 0. The maximum absolute atomic E-state index is 10.8. The number of non-ortho nitro benzene ring substituents is 1. The topological polar surface area (TPSA) is 101 Å². The number of amidine groups is 1. The second kappa shape index (κ2) is 7.50. The highest BCUT2D eigenvalue weighted by atomic mass is 35.5. The normalized spacial score (nSPS) is 13.4. The Kier molecular flexibility index (Phi) is 4.90. The lowest BCUT2D eigenvalue weighted by Gasteiger charge is -2.18. The zero-order valence-electron chi connectivity index (χ0n) is 14.3. The fourth-order valence-electron chi connectivity index (χ4n) is 2.75. The van der Waals surface area contributed by atoms with Gasteiger partial charge in [0.15, 0.2) is 5.84 Å². The third-order valence-corrected chi connectivity index (χ3v) is 4.83. The number of rotatable bonds is 5. The van der Waals surface area contributed by atoms with Crippen LogP contribution in [0.25, 0.3) is 5.69 Å². The quantitative estimate of drug-likeness (QED) is 0.336. The number of nitrogens with zero attached hydrogens (tertiary/aromatic N) is 5. The first-order valence-corrected chi connectivity index (χ1v) is 8.98. The minimum Gasteiger partial charge on any atom is -0.266 e. The van der Waals surface area contributed by atoms with Gasteiger partial charge in [0, 0.05) is 17.2 Å². The summed E-state index contributed by atoms with van der Waals surface area (Å²) in [6.45, 7) is 0.434. The van der Waals surface area contributed by atoms with Crippen LogP contribution in [0.4, 0.5) is 5.69 Å². The smallest absolute Gasteiger partial charge is 0.266 e. The van der Waals surface area contributed by atoms with E-state index in [-0.39, 0.29) is 5.69 Å². The molecule has 0 aliphatic carbocycles. The van der Waals surface area contributed by atoms with Crippen molar-refractivity contribution in [1.82, 2.24) is 25.9 Å². The van der Waals surface area contributed by atoms with E-state index in [1.165, 1.54) is 12.1 Å². The number of benzene rings is 2. The number of aromatic nitrogens is 2. The molecule has 2 heterocycles. The number of nitro groups is 1. The lowest BCUT2D eigenvalue weighted by atomic mass is 10.2. The molecule has 1 aliphatic rings. The highest BCUT2D eigenvalue weighted by Gasteiger charge is 2.24. The van der Waals surface area contributed by atoms with Crippen LogP contribution in [0.5, 0.6) is 0 Å². The number of hydrogen-bond acceptors (Lipinski definition) is 8. The second-order valence-corrected chi connectivity index (χ2v) is 6.80. The highest BCUT2D eigenvalue weighted by molar-refractivity contribution is 7.80. The van der Waals surface area contributed by atoms with Crippen LogP contribution < -0.4 is 11.1 Å². The molecule has 0 fully saturated rings. The van der Waals surface area contributed by atoms with E-state index in [1.807, 2.05) is 12.1 Å². The monoisotopic (exact) mass is 415 g/mol. The Balaban J connectivity index is 1.57. The number of hydrogen-bond donors (Lipinski definition) is 3. The molecule has 0 amide bonds. The van der Waals surface area contributed by atoms with Gasteiger partial charge in [-0.05, 0) is 29.8 Å². The van der Waals surface area contributed by atoms with Gasteiger partial charge in [0.05, 0.1) is 28.9 Å². The Labute approximate surface area is 170 Å². The van der Waals surface area contributed by atoms with Gasteiger partial charge in [-0.2, -0.15) is 5.10 Å². The lowest BCUT2D eigenvalue weighted by Crippen LogP contribution is -2.40. The lowest BCUT2D eigenvalue weighted by molar-refractivity contribution is -0.384. The molecule has 28 heavy (non-hydrogen) atoms. The van der Waals surface area contributed by atoms with Crippen LogP contribution in [-0.2, 0) is 6.54 Å². The van der Waals surface area contributed by atoms with Crippen LogP contribution in [0.2, 0.25) is 5.02 Å². The van der Waals surface area contributed by atoms with Gasteiger partial charge in [-0.25, -0.2) is 10.2 Å². The van der Waals surface area contributed by atoms with E-state index in [2.05, 4.69) is 33.9 Å². The van der Waals surface area contributed by atoms with Crippen LogP contribution in [-0.4, -0.2) is 25.5 Å². The van der Waals surface area contributed by atoms with Crippen molar-refractivity contribution in [3.05, 3.63) is 81.0 Å². The average Bonchev–Trinajstić information content (AvgIpc) is 3.29. The minimum absolute atomic E-state index is 0.0482. The first kappa shape index (κ1) is 18.3. The molecule has 0 saturated heterocycles. The fourth-order valence-corrected chi connectivity index (χ4v) is 3.20. The van der Waals surface area contributed by atoms with Crippen molar-refractivity contribution < 1.29 is 4.92 Å². The SMILES string of the molecule is O=[N+]([O-])c1ccc(CN2NNN=C2c2cnn(-c3ccc(Cl)cc3)c2S)cc1. The molecule has 0 spiro atoms. The Bertz CT molecular complexity index is 1050. The van der Waals surface area contributed by atoms with Gasteiger partial charge in [0.2, 0.25) is 0 Å².